The van der Waals surface area contributed by atoms with Crippen LogP contribution in [0.3, 0.4) is 0 Å². The Morgan fingerprint density at radius 1 is 1.02 bits per heavy atom. The molecule has 0 radical (unpaired) electrons. The van der Waals surface area contributed by atoms with Crippen LogP contribution in [-0.4, -0.2) is 160 Å². The molecule has 1 saturated heterocycles. The minimum atomic E-state index is -1.13. The van der Waals surface area contributed by atoms with E-state index in [-0.39, 0.29) is 36.5 Å². The average molecular weight is 760 g/mol. The molecule has 1 aromatic carbocycles. The summed E-state index contributed by atoms with van der Waals surface area (Å²) in [6, 6.07) is 6.55. The number of nitrogens with one attached hydrogen (secondary N) is 2. The summed E-state index contributed by atoms with van der Waals surface area (Å²) in [5.41, 5.74) is 0.794. The lowest BCUT2D eigenvalue weighted by atomic mass is 9.89. The number of likely N-dealkylation sites (tertiary alicyclic amines) is 1. The third-order valence-corrected chi connectivity index (χ3v) is 10.7. The summed E-state index contributed by atoms with van der Waals surface area (Å²) in [7, 11) is 12.6. The lowest BCUT2D eigenvalue weighted by Crippen LogP contribution is -2.55. The van der Waals surface area contributed by atoms with Crippen molar-refractivity contribution >= 4 is 29.7 Å². The molecule has 306 valence electrons. The van der Waals surface area contributed by atoms with Gasteiger partial charge in [-0.2, -0.15) is 0 Å². The number of carbonyl (C=O) groups is 4. The standard InChI is InChI=1S/C40H69N7O7/c1-13-27(4)35(46(10)38(50)34(26(2)3)43-40(44(7)8)45(9)23-21-41-6)32(53-11)25-33(48)47-22-17-20-31(47)36(54-12)28(5)37(49)42-30(39(51)52)24-29-18-15-14-16-19-29/h14-16,18-19,26-28,30-32,34-36,41H,13,17,20-25H2,1-12H3,(H,42,49)(H,51,52)/b43-40-/t27-,28+,30-,31-,32+,34-,35-,36+/m0/s1. The van der Waals surface area contributed by atoms with Crippen molar-refractivity contribution in [2.75, 3.05) is 69.1 Å². The molecule has 0 unspecified atom stereocenters. The molecule has 0 aromatic heterocycles. The van der Waals surface area contributed by atoms with Gasteiger partial charge < -0.3 is 44.8 Å². The molecular weight excluding hydrogens is 690 g/mol. The number of carboxylic acid groups (broad SMARTS) is 1. The molecule has 2 rings (SSSR count). The van der Waals surface area contributed by atoms with Crippen LogP contribution in [-0.2, 0) is 35.1 Å². The quantitative estimate of drug-likeness (QED) is 0.126. The van der Waals surface area contributed by atoms with Crippen LogP contribution >= 0.6 is 0 Å². The molecule has 1 fully saturated rings. The molecule has 1 aliphatic rings. The van der Waals surface area contributed by atoms with E-state index in [0.717, 1.165) is 24.9 Å². The Bertz CT molecular complexity index is 1360. The Morgan fingerprint density at radius 2 is 1.67 bits per heavy atom. The van der Waals surface area contributed by atoms with Gasteiger partial charge in [0.05, 0.1) is 36.6 Å². The second kappa shape index (κ2) is 22.6. The van der Waals surface area contributed by atoms with Gasteiger partial charge in [-0.25, -0.2) is 9.79 Å². The number of rotatable bonds is 21. The number of carbonyl (C=O) groups excluding carboxylic acids is 3. The van der Waals surface area contributed by atoms with Crippen molar-refractivity contribution in [3.05, 3.63) is 35.9 Å². The van der Waals surface area contributed by atoms with Crippen LogP contribution < -0.4 is 10.6 Å². The van der Waals surface area contributed by atoms with Gasteiger partial charge in [-0.3, -0.25) is 14.4 Å². The summed E-state index contributed by atoms with van der Waals surface area (Å²) in [4.78, 5) is 66.6. The predicted molar refractivity (Wildman–Crippen MR) is 212 cm³/mol. The van der Waals surface area contributed by atoms with Crippen molar-refractivity contribution in [2.45, 2.75) is 103 Å². The zero-order chi connectivity index (χ0) is 40.7. The van der Waals surface area contributed by atoms with E-state index in [2.05, 4.69) is 24.5 Å². The molecule has 1 heterocycles. The van der Waals surface area contributed by atoms with Crippen LogP contribution in [0.4, 0.5) is 0 Å². The molecule has 0 saturated carbocycles. The van der Waals surface area contributed by atoms with Crippen molar-refractivity contribution in [3.8, 4) is 0 Å². The number of amides is 3. The highest BCUT2D eigenvalue weighted by Gasteiger charge is 2.43. The molecule has 8 atom stereocenters. The van der Waals surface area contributed by atoms with E-state index in [4.69, 9.17) is 14.5 Å². The van der Waals surface area contributed by atoms with E-state index in [1.54, 1.807) is 30.9 Å². The number of guanidine groups is 1. The minimum Gasteiger partial charge on any atom is -0.480 e. The fourth-order valence-electron chi connectivity index (χ4n) is 7.42. The van der Waals surface area contributed by atoms with Crippen LogP contribution in [0.15, 0.2) is 35.3 Å². The number of benzene rings is 1. The van der Waals surface area contributed by atoms with E-state index < -0.39 is 54.2 Å². The van der Waals surface area contributed by atoms with Crippen molar-refractivity contribution < 1.29 is 33.8 Å². The highest BCUT2D eigenvalue weighted by molar-refractivity contribution is 5.88. The number of hydrogen-bond donors (Lipinski definition) is 3. The SMILES string of the molecule is CC[C@H](C)[C@@H]([C@@H](CC(=O)N1CCC[C@H]1[C@H](OC)[C@@H](C)C(=O)N[C@@H](Cc1ccccc1)C(=O)O)OC)N(C)C(=O)[C@@H](/N=C(/N(C)C)N(C)CCNC)C(C)C. The summed E-state index contributed by atoms with van der Waals surface area (Å²) in [5.74, 6) is -2.00. The Balaban J connectivity index is 2.31. The van der Waals surface area contributed by atoms with Gasteiger partial charge in [0.2, 0.25) is 17.7 Å². The van der Waals surface area contributed by atoms with Gasteiger partial charge in [0.15, 0.2) is 5.96 Å². The third-order valence-electron chi connectivity index (χ3n) is 10.7. The van der Waals surface area contributed by atoms with Gasteiger partial charge in [0, 0.05) is 68.5 Å². The molecular formula is C40H69N7O7. The van der Waals surface area contributed by atoms with Gasteiger partial charge >= 0.3 is 5.97 Å². The first-order valence-electron chi connectivity index (χ1n) is 19.3. The third kappa shape index (κ3) is 12.7. The highest BCUT2D eigenvalue weighted by Crippen LogP contribution is 2.30. The molecule has 0 bridgehead atoms. The fraction of sp³-hybridized carbons (Fsp3) is 0.725. The summed E-state index contributed by atoms with van der Waals surface area (Å²) in [6.07, 6.45) is 1.01. The Kier molecular flexibility index (Phi) is 19.4. The second-order valence-corrected chi connectivity index (χ2v) is 15.2. The maximum Gasteiger partial charge on any atom is 0.326 e. The monoisotopic (exact) mass is 760 g/mol. The van der Waals surface area contributed by atoms with E-state index in [1.807, 2.05) is 82.2 Å². The van der Waals surface area contributed by atoms with Gasteiger partial charge in [0.25, 0.3) is 0 Å². The van der Waals surface area contributed by atoms with E-state index in [9.17, 15) is 24.3 Å². The number of carboxylic acids is 1. The van der Waals surface area contributed by atoms with Crippen LogP contribution in [0.1, 0.15) is 65.9 Å². The van der Waals surface area contributed by atoms with Gasteiger partial charge in [-0.15, -0.1) is 0 Å². The highest BCUT2D eigenvalue weighted by atomic mass is 16.5. The first-order chi connectivity index (χ1) is 25.5. The maximum atomic E-state index is 14.4. The first-order valence-corrected chi connectivity index (χ1v) is 19.3. The lowest BCUT2D eigenvalue weighted by molar-refractivity contribution is -0.147. The fourth-order valence-corrected chi connectivity index (χ4v) is 7.42. The molecule has 54 heavy (non-hydrogen) atoms. The van der Waals surface area contributed by atoms with E-state index >= 15 is 0 Å². The molecule has 14 nitrogen and oxygen atoms in total. The molecule has 1 aliphatic heterocycles. The normalized spacial score (nSPS) is 18.6. The number of ether oxygens (including phenoxy) is 2. The molecule has 0 aliphatic carbocycles. The number of methoxy groups -OCH3 is 2. The number of aliphatic imine (C=N–C) groups is 1. The largest absolute Gasteiger partial charge is 0.480 e. The predicted octanol–water partition coefficient (Wildman–Crippen LogP) is 2.81. The number of hydrogen-bond acceptors (Lipinski definition) is 8. The van der Waals surface area contributed by atoms with Gasteiger partial charge in [-0.1, -0.05) is 71.4 Å². The molecule has 3 amide bonds. The smallest absolute Gasteiger partial charge is 0.326 e. The summed E-state index contributed by atoms with van der Waals surface area (Å²) in [5, 5.41) is 15.7. The average Bonchev–Trinajstić information content (AvgIpc) is 3.63. The summed E-state index contributed by atoms with van der Waals surface area (Å²) >= 11 is 0. The molecule has 1 aromatic rings. The molecule has 14 heteroatoms. The Labute approximate surface area is 324 Å². The first kappa shape index (κ1) is 46.4. The number of aliphatic carboxylic acids is 1. The second-order valence-electron chi connectivity index (χ2n) is 15.2. The summed E-state index contributed by atoms with van der Waals surface area (Å²) in [6.45, 7) is 11.8. The van der Waals surface area contributed by atoms with Crippen molar-refractivity contribution in [1.29, 1.82) is 0 Å². The van der Waals surface area contributed by atoms with Crippen LogP contribution in [0, 0.1) is 17.8 Å². The van der Waals surface area contributed by atoms with Crippen molar-refractivity contribution in [1.82, 2.24) is 30.2 Å². The number of likely N-dealkylation sites (N-methyl/N-ethyl adjacent to an activating group) is 3. The van der Waals surface area contributed by atoms with Crippen molar-refractivity contribution in [3.63, 3.8) is 0 Å². The topological polar surface area (TPSA) is 156 Å². The van der Waals surface area contributed by atoms with Crippen LogP contribution in [0.5, 0.6) is 0 Å². The summed E-state index contributed by atoms with van der Waals surface area (Å²) < 4.78 is 11.9. The van der Waals surface area contributed by atoms with E-state index in [0.29, 0.717) is 25.5 Å². The van der Waals surface area contributed by atoms with E-state index in [1.165, 1.54) is 7.11 Å². The zero-order valence-electron chi connectivity index (χ0n) is 34.9. The van der Waals surface area contributed by atoms with Crippen LogP contribution in [0.2, 0.25) is 0 Å². The zero-order valence-corrected chi connectivity index (χ0v) is 34.9. The van der Waals surface area contributed by atoms with Crippen LogP contribution in [0.25, 0.3) is 0 Å². The molecule has 0 spiro atoms. The molecule has 3 N–H and O–H groups in total. The van der Waals surface area contributed by atoms with Gasteiger partial charge in [-0.05, 0) is 37.3 Å². The van der Waals surface area contributed by atoms with Gasteiger partial charge in [0.1, 0.15) is 12.1 Å². The lowest BCUT2D eigenvalue weighted by Gasteiger charge is -2.40. The maximum absolute atomic E-state index is 14.4. The minimum absolute atomic E-state index is 0.00277. The number of nitrogens with zero attached hydrogens (tertiary/aromatic N) is 5. The Morgan fingerprint density at radius 3 is 2.19 bits per heavy atom. The Hall–Kier alpha value is -3.75. The van der Waals surface area contributed by atoms with Crippen molar-refractivity contribution in [2.24, 2.45) is 22.7 Å².